The molecule has 0 unspecified atom stereocenters. The van der Waals surface area contributed by atoms with Crippen LogP contribution in [0.5, 0.6) is 0 Å². The number of ether oxygens (including phenoxy) is 2. The maximum Gasteiger partial charge on any atom is 0.129 e. The molecule has 2 saturated heterocycles. The SMILES string of the molecule is CC(C)N1COC2(COC2)C1. The lowest BCUT2D eigenvalue weighted by atomic mass is 10.0. The minimum Gasteiger partial charge on any atom is -0.375 e. The van der Waals surface area contributed by atoms with Gasteiger partial charge in [0.2, 0.25) is 0 Å². The summed E-state index contributed by atoms with van der Waals surface area (Å²) < 4.78 is 10.8. The van der Waals surface area contributed by atoms with Crippen LogP contribution in [0.25, 0.3) is 0 Å². The number of hydrogen-bond donors (Lipinski definition) is 0. The molecule has 2 aliphatic rings. The smallest absolute Gasteiger partial charge is 0.129 e. The summed E-state index contributed by atoms with van der Waals surface area (Å²) in [6.07, 6.45) is 0. The highest BCUT2D eigenvalue weighted by atomic mass is 16.6. The normalized spacial score (nSPS) is 29.7. The third kappa shape index (κ3) is 1.17. The molecule has 0 amide bonds. The van der Waals surface area contributed by atoms with E-state index in [0.29, 0.717) is 6.04 Å². The molecule has 0 aliphatic carbocycles. The van der Waals surface area contributed by atoms with Gasteiger partial charge in [0.05, 0.1) is 13.2 Å². The van der Waals surface area contributed by atoms with E-state index in [1.54, 1.807) is 0 Å². The van der Waals surface area contributed by atoms with Crippen LogP contribution >= 0.6 is 0 Å². The predicted molar refractivity (Wildman–Crippen MR) is 41.3 cm³/mol. The van der Waals surface area contributed by atoms with Gasteiger partial charge in [-0.2, -0.15) is 0 Å². The van der Waals surface area contributed by atoms with E-state index < -0.39 is 0 Å². The van der Waals surface area contributed by atoms with Gasteiger partial charge in [0.15, 0.2) is 0 Å². The average molecular weight is 157 g/mol. The highest BCUT2D eigenvalue weighted by Gasteiger charge is 2.46. The van der Waals surface area contributed by atoms with Gasteiger partial charge in [0, 0.05) is 12.6 Å². The lowest BCUT2D eigenvalue weighted by molar-refractivity contribution is -0.177. The van der Waals surface area contributed by atoms with E-state index in [4.69, 9.17) is 9.47 Å². The van der Waals surface area contributed by atoms with Crippen LogP contribution in [-0.2, 0) is 9.47 Å². The van der Waals surface area contributed by atoms with E-state index in [9.17, 15) is 0 Å². The largest absolute Gasteiger partial charge is 0.375 e. The maximum atomic E-state index is 5.65. The van der Waals surface area contributed by atoms with Crippen molar-refractivity contribution in [1.82, 2.24) is 4.90 Å². The molecule has 0 atom stereocenters. The topological polar surface area (TPSA) is 21.7 Å². The van der Waals surface area contributed by atoms with Gasteiger partial charge < -0.3 is 9.47 Å². The van der Waals surface area contributed by atoms with Crippen molar-refractivity contribution in [1.29, 1.82) is 0 Å². The third-order valence-corrected chi connectivity index (χ3v) is 2.49. The molecular weight excluding hydrogens is 142 g/mol. The summed E-state index contributed by atoms with van der Waals surface area (Å²) in [4.78, 5) is 2.34. The first-order valence-electron chi connectivity index (χ1n) is 4.18. The van der Waals surface area contributed by atoms with Crippen molar-refractivity contribution < 1.29 is 9.47 Å². The van der Waals surface area contributed by atoms with Gasteiger partial charge in [-0.1, -0.05) is 0 Å². The van der Waals surface area contributed by atoms with Crippen molar-refractivity contribution in [3.8, 4) is 0 Å². The van der Waals surface area contributed by atoms with Crippen LogP contribution < -0.4 is 0 Å². The Hall–Kier alpha value is -0.120. The van der Waals surface area contributed by atoms with Crippen molar-refractivity contribution in [2.75, 3.05) is 26.5 Å². The quantitative estimate of drug-likeness (QED) is 0.551. The summed E-state index contributed by atoms with van der Waals surface area (Å²) in [5.41, 5.74) is 0.0737. The highest BCUT2D eigenvalue weighted by Crippen LogP contribution is 2.29. The molecule has 3 heteroatoms. The molecule has 0 saturated carbocycles. The fourth-order valence-electron chi connectivity index (χ4n) is 1.52. The Morgan fingerprint density at radius 3 is 2.36 bits per heavy atom. The molecule has 0 aromatic rings. The lowest BCUT2D eigenvalue weighted by Crippen LogP contribution is -2.53. The first kappa shape index (κ1) is 7.53. The Kier molecular flexibility index (Phi) is 1.67. The molecule has 2 fully saturated rings. The number of nitrogens with zero attached hydrogens (tertiary/aromatic N) is 1. The van der Waals surface area contributed by atoms with E-state index in [0.717, 1.165) is 26.5 Å². The van der Waals surface area contributed by atoms with Crippen molar-refractivity contribution in [2.24, 2.45) is 0 Å². The molecule has 0 N–H and O–H groups in total. The fraction of sp³-hybridized carbons (Fsp3) is 1.00. The molecule has 11 heavy (non-hydrogen) atoms. The third-order valence-electron chi connectivity index (χ3n) is 2.49. The van der Waals surface area contributed by atoms with Gasteiger partial charge in [0.1, 0.15) is 12.3 Å². The zero-order chi connectivity index (χ0) is 7.90. The van der Waals surface area contributed by atoms with E-state index >= 15 is 0 Å². The lowest BCUT2D eigenvalue weighted by Gasteiger charge is -2.36. The summed E-state index contributed by atoms with van der Waals surface area (Å²) in [6, 6.07) is 0.593. The predicted octanol–water partition coefficient (Wildman–Crippen LogP) is 0.454. The summed E-state index contributed by atoms with van der Waals surface area (Å²) in [6.45, 7) is 7.79. The van der Waals surface area contributed by atoms with Gasteiger partial charge in [-0.3, -0.25) is 4.90 Å². The van der Waals surface area contributed by atoms with Crippen molar-refractivity contribution >= 4 is 0 Å². The first-order valence-corrected chi connectivity index (χ1v) is 4.18. The molecule has 3 nitrogen and oxygen atoms in total. The van der Waals surface area contributed by atoms with E-state index in [1.807, 2.05) is 0 Å². The van der Waals surface area contributed by atoms with Crippen molar-refractivity contribution in [3.63, 3.8) is 0 Å². The monoisotopic (exact) mass is 157 g/mol. The Labute approximate surface area is 67.3 Å². The Morgan fingerprint density at radius 1 is 1.36 bits per heavy atom. The Balaban J connectivity index is 1.93. The minimum absolute atomic E-state index is 0.0737. The van der Waals surface area contributed by atoms with Crippen LogP contribution in [0.15, 0.2) is 0 Å². The van der Waals surface area contributed by atoms with Crippen LogP contribution in [0.2, 0.25) is 0 Å². The molecular formula is C8H15NO2. The van der Waals surface area contributed by atoms with Crippen LogP contribution in [-0.4, -0.2) is 43.0 Å². The van der Waals surface area contributed by atoms with Gasteiger partial charge in [0.25, 0.3) is 0 Å². The zero-order valence-corrected chi connectivity index (χ0v) is 7.17. The second-order valence-corrected chi connectivity index (χ2v) is 3.79. The Morgan fingerprint density at radius 2 is 2.09 bits per heavy atom. The molecule has 0 bridgehead atoms. The summed E-state index contributed by atoms with van der Waals surface area (Å²) in [5.74, 6) is 0. The summed E-state index contributed by atoms with van der Waals surface area (Å²) >= 11 is 0. The summed E-state index contributed by atoms with van der Waals surface area (Å²) in [5, 5.41) is 0. The van der Waals surface area contributed by atoms with E-state index in [1.165, 1.54) is 0 Å². The van der Waals surface area contributed by atoms with Crippen LogP contribution in [0.4, 0.5) is 0 Å². The van der Waals surface area contributed by atoms with Crippen molar-refractivity contribution in [2.45, 2.75) is 25.5 Å². The second kappa shape index (κ2) is 2.44. The van der Waals surface area contributed by atoms with Gasteiger partial charge in [-0.25, -0.2) is 0 Å². The van der Waals surface area contributed by atoms with Crippen LogP contribution in [0, 0.1) is 0 Å². The molecule has 0 aromatic carbocycles. The van der Waals surface area contributed by atoms with Gasteiger partial charge in [-0.15, -0.1) is 0 Å². The van der Waals surface area contributed by atoms with Crippen LogP contribution in [0.1, 0.15) is 13.8 Å². The number of hydrogen-bond acceptors (Lipinski definition) is 3. The van der Waals surface area contributed by atoms with Crippen LogP contribution in [0.3, 0.4) is 0 Å². The highest BCUT2D eigenvalue weighted by molar-refractivity contribution is 4.94. The molecule has 64 valence electrons. The van der Waals surface area contributed by atoms with Crippen molar-refractivity contribution in [3.05, 3.63) is 0 Å². The molecule has 2 rings (SSSR count). The maximum absolute atomic E-state index is 5.65. The first-order chi connectivity index (χ1) is 5.22. The molecule has 0 aromatic heterocycles. The molecule has 1 spiro atoms. The van der Waals surface area contributed by atoms with Gasteiger partial charge >= 0.3 is 0 Å². The van der Waals surface area contributed by atoms with Gasteiger partial charge in [-0.05, 0) is 13.8 Å². The Bertz CT molecular complexity index is 154. The second-order valence-electron chi connectivity index (χ2n) is 3.79. The zero-order valence-electron chi connectivity index (χ0n) is 7.17. The molecule has 0 radical (unpaired) electrons. The average Bonchev–Trinajstić information content (AvgIpc) is 2.28. The number of rotatable bonds is 1. The molecule has 2 heterocycles. The van der Waals surface area contributed by atoms with E-state index in [2.05, 4.69) is 18.7 Å². The molecule has 2 aliphatic heterocycles. The fourth-order valence-corrected chi connectivity index (χ4v) is 1.52. The standard InChI is InChI=1S/C8H15NO2/c1-7(2)9-3-8(11-6-9)4-10-5-8/h7H,3-6H2,1-2H3. The van der Waals surface area contributed by atoms with E-state index in [-0.39, 0.29) is 5.60 Å². The minimum atomic E-state index is 0.0737. The summed E-state index contributed by atoms with van der Waals surface area (Å²) in [7, 11) is 0.